The summed E-state index contributed by atoms with van der Waals surface area (Å²) in [5.74, 6) is 0.269. The van der Waals surface area contributed by atoms with Gasteiger partial charge in [0.25, 0.3) is 0 Å². The molecular formula is C20H30N2O2. The van der Waals surface area contributed by atoms with E-state index >= 15 is 0 Å². The fraction of sp³-hybridized carbons (Fsp3) is 0.600. The second-order valence-electron chi connectivity index (χ2n) is 7.13. The van der Waals surface area contributed by atoms with Crippen molar-refractivity contribution in [3.8, 4) is 0 Å². The van der Waals surface area contributed by atoms with Crippen molar-refractivity contribution in [1.82, 2.24) is 5.32 Å². The molecule has 1 aliphatic rings. The van der Waals surface area contributed by atoms with Crippen molar-refractivity contribution in [2.75, 3.05) is 11.9 Å². The van der Waals surface area contributed by atoms with Gasteiger partial charge >= 0.3 is 0 Å². The van der Waals surface area contributed by atoms with E-state index in [4.69, 9.17) is 0 Å². The Kier molecular flexibility index (Phi) is 6.03. The van der Waals surface area contributed by atoms with E-state index in [1.165, 1.54) is 0 Å². The second-order valence-corrected chi connectivity index (χ2v) is 7.13. The van der Waals surface area contributed by atoms with Crippen LogP contribution in [0, 0.1) is 11.3 Å². The fourth-order valence-electron chi connectivity index (χ4n) is 2.96. The number of carbonyl (C=O) groups excluding carboxylic acids is 2. The summed E-state index contributed by atoms with van der Waals surface area (Å²) in [4.78, 5) is 25.3. The number of carbonyl (C=O) groups is 2. The van der Waals surface area contributed by atoms with Crippen LogP contribution in [0.5, 0.6) is 0 Å². The van der Waals surface area contributed by atoms with E-state index in [9.17, 15) is 9.59 Å². The maximum atomic E-state index is 12.8. The minimum absolute atomic E-state index is 0.118. The van der Waals surface area contributed by atoms with Crippen LogP contribution in [-0.4, -0.2) is 18.4 Å². The number of aryl methyl sites for hydroxylation is 2. The summed E-state index contributed by atoms with van der Waals surface area (Å²) in [6.07, 6.45) is 3.93. The van der Waals surface area contributed by atoms with Crippen LogP contribution in [0.4, 0.5) is 5.69 Å². The first kappa shape index (κ1) is 18.5. The quantitative estimate of drug-likeness (QED) is 0.714. The highest BCUT2D eigenvalue weighted by Gasteiger charge is 2.56. The molecule has 2 amide bonds. The Hall–Kier alpha value is -1.84. The predicted octanol–water partition coefficient (Wildman–Crippen LogP) is 3.69. The lowest BCUT2D eigenvalue weighted by Crippen LogP contribution is -2.40. The molecule has 132 valence electrons. The number of hydrogen-bond acceptors (Lipinski definition) is 2. The summed E-state index contributed by atoms with van der Waals surface area (Å²) in [6.45, 7) is 9.04. The molecule has 0 aromatic heterocycles. The molecule has 0 saturated heterocycles. The van der Waals surface area contributed by atoms with Gasteiger partial charge in [-0.15, -0.1) is 0 Å². The van der Waals surface area contributed by atoms with Crippen molar-refractivity contribution in [2.24, 2.45) is 11.3 Å². The number of hydrogen-bond donors (Lipinski definition) is 2. The Morgan fingerprint density at radius 1 is 1.08 bits per heavy atom. The van der Waals surface area contributed by atoms with Gasteiger partial charge < -0.3 is 10.6 Å². The molecule has 24 heavy (non-hydrogen) atoms. The lowest BCUT2D eigenvalue weighted by atomic mass is 10.0. The van der Waals surface area contributed by atoms with Crippen LogP contribution in [0.25, 0.3) is 0 Å². The zero-order valence-corrected chi connectivity index (χ0v) is 15.4. The molecule has 0 spiro atoms. The van der Waals surface area contributed by atoms with Crippen molar-refractivity contribution >= 4 is 17.5 Å². The molecule has 4 nitrogen and oxygen atoms in total. The molecule has 2 rings (SSSR count). The highest BCUT2D eigenvalue weighted by molar-refractivity contribution is 6.13. The molecule has 2 N–H and O–H groups in total. The van der Waals surface area contributed by atoms with Gasteiger partial charge in [0.1, 0.15) is 5.41 Å². The Bertz CT molecular complexity index is 581. The standard InChI is InChI=1S/C20H30N2O2/c1-5-15-8-7-9-16(6-2)17(15)22-19(24)20(11-12-20)18(23)21-13-10-14(3)4/h7-9,14H,5-6,10-13H2,1-4H3,(H,21,23)(H,22,24). The van der Waals surface area contributed by atoms with Crippen LogP contribution in [-0.2, 0) is 22.4 Å². The van der Waals surface area contributed by atoms with Gasteiger partial charge in [0.15, 0.2) is 0 Å². The van der Waals surface area contributed by atoms with Crippen molar-refractivity contribution in [2.45, 2.75) is 59.8 Å². The number of benzene rings is 1. The zero-order valence-electron chi connectivity index (χ0n) is 15.4. The number of anilines is 1. The van der Waals surface area contributed by atoms with E-state index in [2.05, 4.69) is 38.3 Å². The van der Waals surface area contributed by atoms with Gasteiger partial charge in [0.05, 0.1) is 0 Å². The van der Waals surface area contributed by atoms with E-state index in [1.807, 2.05) is 18.2 Å². The van der Waals surface area contributed by atoms with Gasteiger partial charge in [0, 0.05) is 12.2 Å². The van der Waals surface area contributed by atoms with Crippen LogP contribution in [0.3, 0.4) is 0 Å². The van der Waals surface area contributed by atoms with Crippen LogP contribution in [0.2, 0.25) is 0 Å². The number of para-hydroxylation sites is 1. The number of rotatable bonds is 8. The topological polar surface area (TPSA) is 58.2 Å². The van der Waals surface area contributed by atoms with Crippen molar-refractivity contribution in [1.29, 1.82) is 0 Å². The molecule has 1 saturated carbocycles. The minimum atomic E-state index is -0.858. The highest BCUT2D eigenvalue weighted by atomic mass is 16.2. The molecule has 0 bridgehead atoms. The maximum Gasteiger partial charge on any atom is 0.240 e. The second kappa shape index (κ2) is 7.82. The monoisotopic (exact) mass is 330 g/mol. The molecular weight excluding hydrogens is 300 g/mol. The summed E-state index contributed by atoms with van der Waals surface area (Å²) in [6, 6.07) is 6.10. The molecule has 4 heteroatoms. The number of nitrogens with one attached hydrogen (secondary N) is 2. The molecule has 1 fully saturated rings. The van der Waals surface area contributed by atoms with E-state index in [1.54, 1.807) is 0 Å². The Labute approximate surface area is 145 Å². The lowest BCUT2D eigenvalue weighted by Gasteiger charge is -2.19. The molecule has 1 aromatic rings. The zero-order chi connectivity index (χ0) is 17.7. The molecule has 1 aliphatic carbocycles. The summed E-state index contributed by atoms with van der Waals surface area (Å²) in [5.41, 5.74) is 2.29. The van der Waals surface area contributed by atoms with E-state index in [-0.39, 0.29) is 11.8 Å². The third-order valence-corrected chi connectivity index (χ3v) is 4.86. The Morgan fingerprint density at radius 2 is 1.67 bits per heavy atom. The van der Waals surface area contributed by atoms with Crippen molar-refractivity contribution in [3.63, 3.8) is 0 Å². The van der Waals surface area contributed by atoms with Gasteiger partial charge in [-0.3, -0.25) is 9.59 Å². The summed E-state index contributed by atoms with van der Waals surface area (Å²) in [7, 11) is 0. The first-order chi connectivity index (χ1) is 11.4. The molecule has 0 heterocycles. The SMILES string of the molecule is CCc1cccc(CC)c1NC(=O)C1(C(=O)NCCC(C)C)CC1. The van der Waals surface area contributed by atoms with Crippen molar-refractivity contribution in [3.05, 3.63) is 29.3 Å². The van der Waals surface area contributed by atoms with Crippen LogP contribution >= 0.6 is 0 Å². The minimum Gasteiger partial charge on any atom is -0.355 e. The first-order valence-corrected chi connectivity index (χ1v) is 9.15. The molecule has 0 unspecified atom stereocenters. The molecule has 0 aliphatic heterocycles. The molecule has 0 atom stereocenters. The first-order valence-electron chi connectivity index (χ1n) is 9.15. The third kappa shape index (κ3) is 3.97. The Morgan fingerprint density at radius 3 is 2.12 bits per heavy atom. The third-order valence-electron chi connectivity index (χ3n) is 4.86. The summed E-state index contributed by atoms with van der Waals surface area (Å²) >= 11 is 0. The largest absolute Gasteiger partial charge is 0.355 e. The van der Waals surface area contributed by atoms with Crippen LogP contribution in [0.15, 0.2) is 18.2 Å². The average molecular weight is 330 g/mol. The van der Waals surface area contributed by atoms with Crippen LogP contribution in [0.1, 0.15) is 58.1 Å². The fourth-order valence-corrected chi connectivity index (χ4v) is 2.96. The van der Waals surface area contributed by atoms with Gasteiger partial charge in [-0.2, -0.15) is 0 Å². The van der Waals surface area contributed by atoms with Crippen LogP contribution < -0.4 is 10.6 Å². The van der Waals surface area contributed by atoms with Crippen molar-refractivity contribution < 1.29 is 9.59 Å². The summed E-state index contributed by atoms with van der Waals surface area (Å²) < 4.78 is 0. The smallest absolute Gasteiger partial charge is 0.240 e. The molecule has 0 radical (unpaired) electrons. The molecule has 1 aromatic carbocycles. The van der Waals surface area contributed by atoms with Gasteiger partial charge in [0.2, 0.25) is 11.8 Å². The maximum absolute atomic E-state index is 12.8. The highest BCUT2D eigenvalue weighted by Crippen LogP contribution is 2.47. The Balaban J connectivity index is 2.08. The van der Waals surface area contributed by atoms with E-state index < -0.39 is 5.41 Å². The van der Waals surface area contributed by atoms with E-state index in [0.717, 1.165) is 36.1 Å². The van der Waals surface area contributed by atoms with E-state index in [0.29, 0.717) is 25.3 Å². The van der Waals surface area contributed by atoms with Gasteiger partial charge in [-0.05, 0) is 49.1 Å². The predicted molar refractivity (Wildman–Crippen MR) is 98.0 cm³/mol. The normalized spacial score (nSPS) is 15.2. The van der Waals surface area contributed by atoms with Gasteiger partial charge in [-0.25, -0.2) is 0 Å². The van der Waals surface area contributed by atoms with Gasteiger partial charge in [-0.1, -0.05) is 45.9 Å². The average Bonchev–Trinajstić information content (AvgIpc) is 3.36. The lowest BCUT2D eigenvalue weighted by molar-refractivity contribution is -0.134. The summed E-state index contributed by atoms with van der Waals surface area (Å²) in [5, 5.41) is 6.00. The number of amides is 2.